The van der Waals surface area contributed by atoms with Gasteiger partial charge in [0.25, 0.3) is 5.91 Å². The summed E-state index contributed by atoms with van der Waals surface area (Å²) in [5.74, 6) is -0.124. The Hall–Kier alpha value is -4.07. The van der Waals surface area contributed by atoms with E-state index in [1.165, 1.54) is 18.3 Å². The minimum Gasteiger partial charge on any atom is -0.486 e. The molecule has 14 heteroatoms. The molecular weight excluding hydrogens is 593 g/mol. The first-order chi connectivity index (χ1) is 20.6. The first-order valence-electron chi connectivity index (χ1n) is 13.3. The number of carbonyl (C=O) groups excluding carboxylic acids is 2. The van der Waals surface area contributed by atoms with Crippen LogP contribution in [0.2, 0.25) is 5.02 Å². The summed E-state index contributed by atoms with van der Waals surface area (Å²) in [7, 11) is 1.80. The normalized spacial score (nSPS) is 15.4. The van der Waals surface area contributed by atoms with Gasteiger partial charge in [-0.15, -0.1) is 0 Å². The number of halogens is 4. The van der Waals surface area contributed by atoms with Gasteiger partial charge in [-0.2, -0.15) is 13.2 Å². The molecule has 0 radical (unpaired) electrons. The minimum atomic E-state index is -4.59. The van der Waals surface area contributed by atoms with Crippen LogP contribution < -0.4 is 24.8 Å². The highest BCUT2D eigenvalue weighted by Gasteiger charge is 2.35. The van der Waals surface area contributed by atoms with Gasteiger partial charge in [-0.05, 0) is 55.1 Å². The number of pyridine rings is 1. The van der Waals surface area contributed by atoms with Crippen LogP contribution in [0.1, 0.15) is 21.5 Å². The van der Waals surface area contributed by atoms with E-state index in [1.54, 1.807) is 24.1 Å². The van der Waals surface area contributed by atoms with Gasteiger partial charge in [0.15, 0.2) is 11.5 Å². The van der Waals surface area contributed by atoms with E-state index in [1.807, 2.05) is 6.07 Å². The van der Waals surface area contributed by atoms with Crippen LogP contribution in [0.3, 0.4) is 0 Å². The van der Waals surface area contributed by atoms with Crippen molar-refractivity contribution >= 4 is 23.4 Å². The summed E-state index contributed by atoms with van der Waals surface area (Å²) < 4.78 is 61.8. The summed E-state index contributed by atoms with van der Waals surface area (Å²) in [5.41, 5.74) is -0.218. The molecule has 10 nitrogen and oxygen atoms in total. The smallest absolute Gasteiger partial charge is 0.416 e. The Kier molecular flexibility index (Phi) is 9.23. The third-order valence-electron chi connectivity index (χ3n) is 6.85. The number of likely N-dealkylation sites (tertiary alicyclic amines) is 1. The predicted octanol–water partition coefficient (Wildman–Crippen LogP) is 4.06. The van der Waals surface area contributed by atoms with Gasteiger partial charge in [0.1, 0.15) is 30.6 Å². The first-order valence-corrected chi connectivity index (χ1v) is 13.7. The fourth-order valence-electron chi connectivity index (χ4n) is 4.45. The Balaban J connectivity index is 1.29. The van der Waals surface area contributed by atoms with Crippen LogP contribution >= 0.6 is 11.6 Å². The predicted molar refractivity (Wildman–Crippen MR) is 149 cm³/mol. The van der Waals surface area contributed by atoms with Crippen LogP contribution in [-0.2, 0) is 22.3 Å². The van der Waals surface area contributed by atoms with Gasteiger partial charge in [0, 0.05) is 25.3 Å². The zero-order valence-corrected chi connectivity index (χ0v) is 23.7. The fraction of sp³-hybridized carbons (Fsp3) is 0.345. The van der Waals surface area contributed by atoms with Gasteiger partial charge < -0.3 is 34.5 Å². The molecule has 1 saturated heterocycles. The van der Waals surface area contributed by atoms with Crippen LogP contribution in [-0.4, -0.2) is 73.7 Å². The highest BCUT2D eigenvalue weighted by atomic mass is 35.5. The standard InChI is InChI=1S/C29H28ClF3N4O6/c1-34-19-13-37(14-19)28(39)22(16-40-15-17-4-6-24-25(11-17)42-10-9-41-24)36-26(38)20-3-2-8-35-27(20)43-23-7-5-18(12-21(23)30)29(31,32)33/h2-8,11-12,19,22,34H,9-10,13-16H2,1H3,(H,36,38)/t22-/m1/s1. The molecule has 0 spiro atoms. The Labute approximate surface area is 250 Å². The number of fused-ring (bicyclic) bond motifs is 1. The highest BCUT2D eigenvalue weighted by Crippen LogP contribution is 2.36. The third kappa shape index (κ3) is 7.29. The second-order valence-electron chi connectivity index (χ2n) is 9.85. The molecule has 0 bridgehead atoms. The van der Waals surface area contributed by atoms with Crippen molar-refractivity contribution in [3.8, 4) is 23.1 Å². The van der Waals surface area contributed by atoms with Crippen LogP contribution in [0.25, 0.3) is 0 Å². The van der Waals surface area contributed by atoms with E-state index in [2.05, 4.69) is 15.6 Å². The molecule has 43 heavy (non-hydrogen) atoms. The summed E-state index contributed by atoms with van der Waals surface area (Å²) in [6, 6.07) is 9.96. The number of aromatic nitrogens is 1. The van der Waals surface area contributed by atoms with Crippen molar-refractivity contribution in [1.29, 1.82) is 0 Å². The number of likely N-dealkylation sites (N-methyl/N-ethyl adjacent to an activating group) is 1. The number of amides is 2. The first kappa shape index (κ1) is 30.4. The number of hydrogen-bond donors (Lipinski definition) is 2. The molecule has 3 aromatic rings. The molecular formula is C29H28ClF3N4O6. The van der Waals surface area contributed by atoms with Gasteiger partial charge in [-0.3, -0.25) is 9.59 Å². The number of nitrogens with zero attached hydrogens (tertiary/aromatic N) is 2. The molecule has 0 saturated carbocycles. The van der Waals surface area contributed by atoms with E-state index in [9.17, 15) is 22.8 Å². The lowest BCUT2D eigenvalue weighted by Crippen LogP contribution is -2.63. The maximum absolute atomic E-state index is 13.4. The summed E-state index contributed by atoms with van der Waals surface area (Å²) in [6.45, 7) is 1.85. The molecule has 2 N–H and O–H groups in total. The van der Waals surface area contributed by atoms with Crippen molar-refractivity contribution in [2.45, 2.75) is 24.9 Å². The monoisotopic (exact) mass is 620 g/mol. The summed E-state index contributed by atoms with van der Waals surface area (Å²) >= 11 is 6.03. The van der Waals surface area contributed by atoms with Crippen molar-refractivity contribution in [2.24, 2.45) is 0 Å². The molecule has 228 valence electrons. The maximum atomic E-state index is 13.4. The van der Waals surface area contributed by atoms with Gasteiger partial charge >= 0.3 is 6.18 Å². The molecule has 1 atom stereocenters. The molecule has 2 amide bonds. The molecule has 0 unspecified atom stereocenters. The number of alkyl halides is 3. The topological polar surface area (TPSA) is 111 Å². The minimum absolute atomic E-state index is 0.0557. The Morgan fingerprint density at radius 2 is 1.88 bits per heavy atom. The second-order valence-corrected chi connectivity index (χ2v) is 10.3. The average Bonchev–Trinajstić information content (AvgIpc) is 2.96. The lowest BCUT2D eigenvalue weighted by Gasteiger charge is -2.40. The van der Waals surface area contributed by atoms with Gasteiger partial charge in [0.2, 0.25) is 11.8 Å². The zero-order chi connectivity index (χ0) is 30.6. The largest absolute Gasteiger partial charge is 0.486 e. The second kappa shape index (κ2) is 13.1. The molecule has 5 rings (SSSR count). The maximum Gasteiger partial charge on any atom is 0.416 e. The lowest BCUT2D eigenvalue weighted by atomic mass is 10.1. The van der Waals surface area contributed by atoms with E-state index >= 15 is 0 Å². The van der Waals surface area contributed by atoms with Crippen molar-refractivity contribution < 1.29 is 41.7 Å². The Bertz CT molecular complexity index is 1480. The number of carbonyl (C=O) groups is 2. The van der Waals surface area contributed by atoms with Crippen molar-refractivity contribution in [3.05, 3.63) is 76.4 Å². The van der Waals surface area contributed by atoms with Crippen LogP contribution in [0.15, 0.2) is 54.7 Å². The summed E-state index contributed by atoms with van der Waals surface area (Å²) in [6.07, 6.45) is -3.24. The Morgan fingerprint density at radius 3 is 2.60 bits per heavy atom. The van der Waals surface area contributed by atoms with Crippen molar-refractivity contribution in [2.75, 3.05) is 40.0 Å². The molecule has 2 aromatic carbocycles. The fourth-order valence-corrected chi connectivity index (χ4v) is 4.67. The molecule has 1 aromatic heterocycles. The van der Waals surface area contributed by atoms with Crippen molar-refractivity contribution in [1.82, 2.24) is 20.5 Å². The molecule has 1 fully saturated rings. The summed E-state index contributed by atoms with van der Waals surface area (Å²) in [4.78, 5) is 32.4. The third-order valence-corrected chi connectivity index (χ3v) is 7.14. The van der Waals surface area contributed by atoms with E-state index in [-0.39, 0.29) is 47.4 Å². The number of benzene rings is 2. The molecule has 2 aliphatic rings. The molecule has 2 aliphatic heterocycles. The SMILES string of the molecule is CNC1CN(C(=O)[C@@H](COCc2ccc3c(c2)OCCO3)NC(=O)c2cccnc2Oc2ccc(C(F)(F)F)cc2Cl)C1. The van der Waals surface area contributed by atoms with E-state index in [0.29, 0.717) is 37.8 Å². The van der Waals surface area contributed by atoms with Crippen LogP contribution in [0, 0.1) is 0 Å². The van der Waals surface area contributed by atoms with E-state index in [4.69, 9.17) is 30.5 Å². The molecule has 0 aliphatic carbocycles. The average molecular weight is 621 g/mol. The quantitative estimate of drug-likeness (QED) is 0.349. The number of rotatable bonds is 10. The van der Waals surface area contributed by atoms with E-state index < -0.39 is 23.7 Å². The van der Waals surface area contributed by atoms with Gasteiger partial charge in [0.05, 0.1) is 23.8 Å². The van der Waals surface area contributed by atoms with Crippen molar-refractivity contribution in [3.63, 3.8) is 0 Å². The highest BCUT2D eigenvalue weighted by molar-refractivity contribution is 6.32. The number of hydrogen-bond acceptors (Lipinski definition) is 8. The summed E-state index contributed by atoms with van der Waals surface area (Å²) in [5, 5.41) is 5.48. The zero-order valence-electron chi connectivity index (χ0n) is 22.9. The Morgan fingerprint density at radius 1 is 1.12 bits per heavy atom. The van der Waals surface area contributed by atoms with E-state index in [0.717, 1.165) is 23.8 Å². The van der Waals surface area contributed by atoms with Gasteiger partial charge in [-0.1, -0.05) is 17.7 Å². The van der Waals surface area contributed by atoms with Crippen LogP contribution in [0.5, 0.6) is 23.1 Å². The van der Waals surface area contributed by atoms with Crippen LogP contribution in [0.4, 0.5) is 13.2 Å². The van der Waals surface area contributed by atoms with Gasteiger partial charge in [-0.25, -0.2) is 4.98 Å². The molecule has 3 heterocycles. The number of nitrogens with one attached hydrogen (secondary N) is 2. The number of ether oxygens (including phenoxy) is 4. The lowest BCUT2D eigenvalue weighted by molar-refractivity contribution is -0.140.